The van der Waals surface area contributed by atoms with E-state index in [9.17, 15) is 4.79 Å². The second-order valence-electron chi connectivity index (χ2n) is 3.92. The third kappa shape index (κ3) is 3.35. The van der Waals surface area contributed by atoms with Crippen LogP contribution in [-0.2, 0) is 4.79 Å². The van der Waals surface area contributed by atoms with Gasteiger partial charge in [-0.1, -0.05) is 30.3 Å². The fourth-order valence-corrected chi connectivity index (χ4v) is 1.58. The lowest BCUT2D eigenvalue weighted by atomic mass is 10.1. The minimum absolute atomic E-state index is 0.0687. The SMILES string of the molecule is CC(c1ccccc1)N(C)C(=O)CCCO. The van der Waals surface area contributed by atoms with Gasteiger partial charge in [-0.2, -0.15) is 0 Å². The Morgan fingerprint density at radius 3 is 2.56 bits per heavy atom. The molecule has 0 aliphatic heterocycles. The van der Waals surface area contributed by atoms with Crippen molar-refractivity contribution in [1.82, 2.24) is 4.90 Å². The van der Waals surface area contributed by atoms with Crippen molar-refractivity contribution < 1.29 is 9.90 Å². The van der Waals surface area contributed by atoms with Crippen molar-refractivity contribution in [2.45, 2.75) is 25.8 Å². The molecule has 0 aliphatic rings. The number of rotatable bonds is 5. The number of hydrogen-bond donors (Lipinski definition) is 1. The number of aliphatic hydroxyl groups is 1. The summed E-state index contributed by atoms with van der Waals surface area (Å²) in [6.45, 7) is 2.07. The third-order valence-electron chi connectivity index (χ3n) is 2.81. The molecule has 0 radical (unpaired) electrons. The maximum Gasteiger partial charge on any atom is 0.222 e. The van der Waals surface area contributed by atoms with Gasteiger partial charge >= 0.3 is 0 Å². The molecule has 0 aliphatic carbocycles. The lowest BCUT2D eigenvalue weighted by molar-refractivity contribution is -0.132. The maximum atomic E-state index is 11.7. The Labute approximate surface area is 96.7 Å². The molecule has 0 saturated carbocycles. The molecule has 0 fully saturated rings. The fraction of sp³-hybridized carbons (Fsp3) is 0.462. The second-order valence-corrected chi connectivity index (χ2v) is 3.92. The first-order valence-electron chi connectivity index (χ1n) is 5.58. The maximum absolute atomic E-state index is 11.7. The molecular weight excluding hydrogens is 202 g/mol. The molecule has 1 rings (SSSR count). The van der Waals surface area contributed by atoms with Gasteiger partial charge in [0.05, 0.1) is 6.04 Å². The highest BCUT2D eigenvalue weighted by atomic mass is 16.3. The summed E-state index contributed by atoms with van der Waals surface area (Å²) in [7, 11) is 1.80. The van der Waals surface area contributed by atoms with Crippen LogP contribution in [0.5, 0.6) is 0 Å². The summed E-state index contributed by atoms with van der Waals surface area (Å²) in [6.07, 6.45) is 0.939. The van der Waals surface area contributed by atoms with Gasteiger partial charge in [-0.15, -0.1) is 0 Å². The van der Waals surface area contributed by atoms with Crippen molar-refractivity contribution in [3.05, 3.63) is 35.9 Å². The van der Waals surface area contributed by atoms with Crippen LogP contribution < -0.4 is 0 Å². The summed E-state index contributed by atoms with van der Waals surface area (Å²) in [4.78, 5) is 13.5. The average Bonchev–Trinajstić information content (AvgIpc) is 2.35. The minimum atomic E-state index is 0.0687. The highest BCUT2D eigenvalue weighted by molar-refractivity contribution is 5.76. The molecule has 16 heavy (non-hydrogen) atoms. The largest absolute Gasteiger partial charge is 0.396 e. The van der Waals surface area contributed by atoms with E-state index in [1.165, 1.54) is 0 Å². The molecule has 1 N–H and O–H groups in total. The van der Waals surface area contributed by atoms with Crippen molar-refractivity contribution in [1.29, 1.82) is 0 Å². The van der Waals surface area contributed by atoms with Crippen LogP contribution in [-0.4, -0.2) is 29.6 Å². The summed E-state index contributed by atoms with van der Waals surface area (Å²) in [5, 5.41) is 8.68. The van der Waals surface area contributed by atoms with Crippen molar-refractivity contribution in [3.8, 4) is 0 Å². The molecule has 1 amide bonds. The van der Waals surface area contributed by atoms with Crippen LogP contribution in [0.2, 0.25) is 0 Å². The first kappa shape index (κ1) is 12.7. The molecule has 0 aromatic heterocycles. The van der Waals surface area contributed by atoms with Crippen LogP contribution in [0.15, 0.2) is 30.3 Å². The molecule has 3 nitrogen and oxygen atoms in total. The number of benzene rings is 1. The Kier molecular flexibility index (Phi) is 4.99. The normalized spacial score (nSPS) is 12.2. The summed E-state index contributed by atoms with van der Waals surface area (Å²) < 4.78 is 0. The first-order valence-corrected chi connectivity index (χ1v) is 5.58. The van der Waals surface area contributed by atoms with Crippen LogP contribution >= 0.6 is 0 Å². The number of carbonyl (C=O) groups is 1. The molecule has 88 valence electrons. The van der Waals surface area contributed by atoms with E-state index in [4.69, 9.17) is 5.11 Å². The zero-order chi connectivity index (χ0) is 12.0. The lowest BCUT2D eigenvalue weighted by Crippen LogP contribution is -2.29. The molecule has 1 atom stereocenters. The zero-order valence-corrected chi connectivity index (χ0v) is 9.89. The molecule has 0 saturated heterocycles. The summed E-state index contributed by atoms with van der Waals surface area (Å²) in [5.41, 5.74) is 1.13. The second kappa shape index (κ2) is 6.28. The van der Waals surface area contributed by atoms with Gasteiger partial charge < -0.3 is 10.0 Å². The fourth-order valence-electron chi connectivity index (χ4n) is 1.58. The van der Waals surface area contributed by atoms with E-state index in [0.29, 0.717) is 12.8 Å². The highest BCUT2D eigenvalue weighted by Crippen LogP contribution is 2.18. The number of hydrogen-bond acceptors (Lipinski definition) is 2. The van der Waals surface area contributed by atoms with Gasteiger partial charge in [0, 0.05) is 20.1 Å². The molecule has 1 aromatic rings. The van der Waals surface area contributed by atoms with Crippen LogP contribution in [0.1, 0.15) is 31.4 Å². The third-order valence-corrected chi connectivity index (χ3v) is 2.81. The average molecular weight is 221 g/mol. The monoisotopic (exact) mass is 221 g/mol. The van der Waals surface area contributed by atoms with Crippen molar-refractivity contribution in [2.24, 2.45) is 0 Å². The minimum Gasteiger partial charge on any atom is -0.396 e. The molecular formula is C13H19NO2. The number of carbonyl (C=O) groups excluding carboxylic acids is 1. The zero-order valence-electron chi connectivity index (χ0n) is 9.89. The standard InChI is InChI=1S/C13H19NO2/c1-11(12-7-4-3-5-8-12)14(2)13(16)9-6-10-15/h3-5,7-8,11,15H,6,9-10H2,1-2H3. The van der Waals surface area contributed by atoms with Crippen LogP contribution in [0, 0.1) is 0 Å². The summed E-state index contributed by atoms with van der Waals surface area (Å²) in [6, 6.07) is 10.0. The van der Waals surface area contributed by atoms with E-state index in [0.717, 1.165) is 5.56 Å². The number of aliphatic hydroxyl groups excluding tert-OH is 1. The van der Waals surface area contributed by atoms with E-state index < -0.39 is 0 Å². The summed E-state index contributed by atoms with van der Waals surface area (Å²) >= 11 is 0. The Morgan fingerprint density at radius 1 is 1.38 bits per heavy atom. The van der Waals surface area contributed by atoms with Crippen LogP contribution in [0.4, 0.5) is 0 Å². The van der Waals surface area contributed by atoms with Gasteiger partial charge in [-0.3, -0.25) is 4.79 Å². The topological polar surface area (TPSA) is 40.5 Å². The number of nitrogens with zero attached hydrogens (tertiary/aromatic N) is 1. The molecule has 1 unspecified atom stereocenters. The van der Waals surface area contributed by atoms with Crippen molar-refractivity contribution in [2.75, 3.05) is 13.7 Å². The predicted molar refractivity (Wildman–Crippen MR) is 63.9 cm³/mol. The first-order chi connectivity index (χ1) is 7.66. The molecule has 0 spiro atoms. The highest BCUT2D eigenvalue weighted by Gasteiger charge is 2.16. The van der Waals surface area contributed by atoms with E-state index >= 15 is 0 Å². The Morgan fingerprint density at radius 2 is 2.00 bits per heavy atom. The predicted octanol–water partition coefficient (Wildman–Crippen LogP) is 1.98. The van der Waals surface area contributed by atoms with Gasteiger partial charge in [0.1, 0.15) is 0 Å². The van der Waals surface area contributed by atoms with E-state index in [1.54, 1.807) is 11.9 Å². The molecule has 0 heterocycles. The van der Waals surface area contributed by atoms with Crippen molar-refractivity contribution >= 4 is 5.91 Å². The Hall–Kier alpha value is -1.35. The van der Waals surface area contributed by atoms with E-state index in [1.807, 2.05) is 37.3 Å². The van der Waals surface area contributed by atoms with E-state index in [-0.39, 0.29) is 18.6 Å². The van der Waals surface area contributed by atoms with E-state index in [2.05, 4.69) is 0 Å². The Bertz CT molecular complexity index is 324. The van der Waals surface area contributed by atoms with Gasteiger partial charge in [-0.25, -0.2) is 0 Å². The molecule has 3 heteroatoms. The van der Waals surface area contributed by atoms with Gasteiger partial charge in [0.15, 0.2) is 0 Å². The number of amides is 1. The summed E-state index contributed by atoms with van der Waals surface area (Å²) in [5.74, 6) is 0.0744. The van der Waals surface area contributed by atoms with Gasteiger partial charge in [0.25, 0.3) is 0 Å². The smallest absolute Gasteiger partial charge is 0.222 e. The molecule has 1 aromatic carbocycles. The van der Waals surface area contributed by atoms with Crippen LogP contribution in [0.3, 0.4) is 0 Å². The molecule has 0 bridgehead atoms. The Balaban J connectivity index is 2.60. The quantitative estimate of drug-likeness (QED) is 0.826. The lowest BCUT2D eigenvalue weighted by Gasteiger charge is -2.25. The van der Waals surface area contributed by atoms with Crippen molar-refractivity contribution in [3.63, 3.8) is 0 Å². The van der Waals surface area contributed by atoms with Gasteiger partial charge in [0.2, 0.25) is 5.91 Å². The van der Waals surface area contributed by atoms with Gasteiger partial charge in [-0.05, 0) is 18.9 Å². The van der Waals surface area contributed by atoms with Crippen LogP contribution in [0.25, 0.3) is 0 Å².